The first-order valence-electron chi connectivity index (χ1n) is 8.12. The second kappa shape index (κ2) is 6.56. The Hall–Kier alpha value is -3.11. The fourth-order valence-electron chi connectivity index (χ4n) is 2.92. The molecule has 0 aliphatic carbocycles. The summed E-state index contributed by atoms with van der Waals surface area (Å²) in [5.74, 6) is -1.27. The van der Waals surface area contributed by atoms with Gasteiger partial charge >= 0.3 is 12.1 Å². The number of rotatable bonds is 3. The number of carbonyl (C=O) groups is 1. The number of likely N-dealkylation sites (tertiary alicyclic amines) is 1. The molecule has 0 aromatic carbocycles. The van der Waals surface area contributed by atoms with E-state index in [1.807, 2.05) is 0 Å². The molecule has 27 heavy (non-hydrogen) atoms. The Morgan fingerprint density at radius 3 is 2.59 bits per heavy atom. The van der Waals surface area contributed by atoms with Crippen LogP contribution in [-0.2, 0) is 6.18 Å². The average Bonchev–Trinajstić information content (AvgIpc) is 3.41. The van der Waals surface area contributed by atoms with Crippen LogP contribution in [0.15, 0.2) is 37.8 Å². The molecule has 0 radical (unpaired) electrons. The zero-order chi connectivity index (χ0) is 19.0. The molecule has 1 saturated heterocycles. The van der Waals surface area contributed by atoms with E-state index in [0.717, 1.165) is 0 Å². The van der Waals surface area contributed by atoms with Crippen molar-refractivity contribution in [2.24, 2.45) is 0 Å². The second-order valence-corrected chi connectivity index (χ2v) is 6.06. The third-order valence-electron chi connectivity index (χ3n) is 4.31. The van der Waals surface area contributed by atoms with Crippen molar-refractivity contribution in [1.82, 2.24) is 20.3 Å². The molecule has 3 aromatic heterocycles. The number of nitrogens with zero attached hydrogens (tertiary/aromatic N) is 4. The van der Waals surface area contributed by atoms with Gasteiger partial charge < -0.3 is 18.3 Å². The number of hydrogen-bond acceptors (Lipinski definition) is 7. The van der Waals surface area contributed by atoms with Crippen molar-refractivity contribution >= 4 is 5.91 Å². The van der Waals surface area contributed by atoms with E-state index < -0.39 is 12.1 Å². The van der Waals surface area contributed by atoms with E-state index in [4.69, 9.17) is 13.4 Å². The van der Waals surface area contributed by atoms with Gasteiger partial charge in [0, 0.05) is 25.1 Å². The maximum Gasteiger partial charge on any atom is 0.470 e. The molecule has 1 aliphatic heterocycles. The molecule has 4 heterocycles. The summed E-state index contributed by atoms with van der Waals surface area (Å²) in [5, 5.41) is 10.3. The molecule has 4 rings (SSSR count). The van der Waals surface area contributed by atoms with E-state index in [0.29, 0.717) is 37.5 Å². The van der Waals surface area contributed by atoms with Gasteiger partial charge in [0.25, 0.3) is 5.91 Å². The molecule has 0 saturated carbocycles. The second-order valence-electron chi connectivity index (χ2n) is 6.06. The van der Waals surface area contributed by atoms with Gasteiger partial charge in [-0.15, -0.1) is 10.2 Å². The van der Waals surface area contributed by atoms with Gasteiger partial charge in [-0.05, 0) is 25.0 Å². The number of alkyl halides is 3. The first-order chi connectivity index (χ1) is 12.9. The van der Waals surface area contributed by atoms with E-state index in [9.17, 15) is 18.0 Å². The monoisotopic (exact) mass is 382 g/mol. The lowest BCUT2D eigenvalue weighted by atomic mass is 9.96. The molecule has 1 aliphatic rings. The van der Waals surface area contributed by atoms with Crippen molar-refractivity contribution in [3.63, 3.8) is 0 Å². The highest BCUT2D eigenvalue weighted by Gasteiger charge is 2.39. The number of furan rings is 1. The van der Waals surface area contributed by atoms with Gasteiger partial charge in [-0.2, -0.15) is 13.2 Å². The summed E-state index contributed by atoms with van der Waals surface area (Å²) in [6, 6.07) is 4.85. The lowest BCUT2D eigenvalue weighted by molar-refractivity contribution is -0.157. The zero-order valence-corrected chi connectivity index (χ0v) is 13.8. The van der Waals surface area contributed by atoms with Crippen molar-refractivity contribution in [3.05, 3.63) is 41.9 Å². The Morgan fingerprint density at radius 2 is 1.96 bits per heavy atom. The standard InChI is InChI=1S/C16H13F3N4O4/c17-16(18,19)15-21-20-13(26-15)9-3-5-23(6-4-9)14(24)10-8-12(27-22-10)11-2-1-7-25-11/h1-2,7-9H,3-6H2. The van der Waals surface area contributed by atoms with Crippen molar-refractivity contribution < 1.29 is 31.3 Å². The summed E-state index contributed by atoms with van der Waals surface area (Å²) in [6.45, 7) is 0.659. The molecule has 8 nitrogen and oxygen atoms in total. The van der Waals surface area contributed by atoms with E-state index in [1.54, 1.807) is 17.0 Å². The highest BCUT2D eigenvalue weighted by molar-refractivity contribution is 5.93. The van der Waals surface area contributed by atoms with Crippen LogP contribution in [0.25, 0.3) is 11.5 Å². The molecule has 3 aromatic rings. The first kappa shape index (κ1) is 17.3. The van der Waals surface area contributed by atoms with Crippen LogP contribution in [0.1, 0.15) is 41.0 Å². The van der Waals surface area contributed by atoms with E-state index in [-0.39, 0.29) is 23.4 Å². The number of carbonyl (C=O) groups excluding carboxylic acids is 1. The number of aromatic nitrogens is 3. The van der Waals surface area contributed by atoms with Crippen molar-refractivity contribution in [1.29, 1.82) is 0 Å². The highest BCUT2D eigenvalue weighted by Crippen LogP contribution is 2.33. The minimum absolute atomic E-state index is 0.0593. The SMILES string of the molecule is O=C(c1cc(-c2ccco2)on1)N1CCC(c2nnc(C(F)(F)F)o2)CC1. The Labute approximate surface area is 149 Å². The molecule has 0 N–H and O–H groups in total. The Morgan fingerprint density at radius 1 is 1.19 bits per heavy atom. The molecule has 1 amide bonds. The quantitative estimate of drug-likeness (QED) is 0.685. The summed E-state index contributed by atoms with van der Waals surface area (Å²) in [6.07, 6.45) is -2.37. The third kappa shape index (κ3) is 3.44. The number of halogens is 3. The smallest absolute Gasteiger partial charge is 0.461 e. The summed E-state index contributed by atoms with van der Waals surface area (Å²) in [7, 11) is 0. The van der Waals surface area contributed by atoms with Crippen LogP contribution in [0.2, 0.25) is 0 Å². The predicted octanol–water partition coefficient (Wildman–Crippen LogP) is 3.36. The lowest BCUT2D eigenvalue weighted by Crippen LogP contribution is -2.38. The molecule has 0 spiro atoms. The maximum absolute atomic E-state index is 12.6. The maximum atomic E-state index is 12.6. The summed E-state index contributed by atoms with van der Waals surface area (Å²) in [4.78, 5) is 14.1. The highest BCUT2D eigenvalue weighted by atomic mass is 19.4. The third-order valence-corrected chi connectivity index (χ3v) is 4.31. The zero-order valence-electron chi connectivity index (χ0n) is 13.8. The van der Waals surface area contributed by atoms with Gasteiger partial charge in [0.1, 0.15) is 0 Å². The molecule has 11 heteroatoms. The van der Waals surface area contributed by atoms with E-state index in [1.165, 1.54) is 12.3 Å². The summed E-state index contributed by atoms with van der Waals surface area (Å²) >= 11 is 0. The van der Waals surface area contributed by atoms with Crippen molar-refractivity contribution in [3.8, 4) is 11.5 Å². The Bertz CT molecular complexity index is 924. The topological polar surface area (TPSA) is 98.4 Å². The molecule has 142 valence electrons. The fraction of sp³-hybridized carbons (Fsp3) is 0.375. The number of amides is 1. The molecular formula is C16H13F3N4O4. The Kier molecular flexibility index (Phi) is 4.21. The van der Waals surface area contributed by atoms with Crippen LogP contribution in [0.4, 0.5) is 13.2 Å². The van der Waals surface area contributed by atoms with Crippen LogP contribution in [0, 0.1) is 0 Å². The van der Waals surface area contributed by atoms with Crippen molar-refractivity contribution in [2.45, 2.75) is 24.9 Å². The van der Waals surface area contributed by atoms with Gasteiger partial charge in [0.2, 0.25) is 11.7 Å². The minimum Gasteiger partial charge on any atom is -0.461 e. The molecular weight excluding hydrogens is 369 g/mol. The van der Waals surface area contributed by atoms with Gasteiger partial charge in [0.15, 0.2) is 11.5 Å². The fourth-order valence-corrected chi connectivity index (χ4v) is 2.92. The van der Waals surface area contributed by atoms with Gasteiger partial charge in [-0.1, -0.05) is 5.16 Å². The number of hydrogen-bond donors (Lipinski definition) is 0. The number of piperidine rings is 1. The first-order valence-corrected chi connectivity index (χ1v) is 8.12. The molecule has 0 bridgehead atoms. The van der Waals surface area contributed by atoms with Gasteiger partial charge in [-0.25, -0.2) is 0 Å². The normalized spacial score (nSPS) is 16.0. The van der Waals surface area contributed by atoms with Crippen LogP contribution in [0.3, 0.4) is 0 Å². The average molecular weight is 382 g/mol. The van der Waals surface area contributed by atoms with Gasteiger partial charge in [-0.3, -0.25) is 4.79 Å². The minimum atomic E-state index is -4.67. The molecule has 0 unspecified atom stereocenters. The predicted molar refractivity (Wildman–Crippen MR) is 81.4 cm³/mol. The molecule has 0 atom stereocenters. The molecule has 1 fully saturated rings. The van der Waals surface area contributed by atoms with Crippen LogP contribution in [-0.4, -0.2) is 39.3 Å². The van der Waals surface area contributed by atoms with Crippen LogP contribution in [0.5, 0.6) is 0 Å². The van der Waals surface area contributed by atoms with Crippen LogP contribution < -0.4 is 0 Å². The van der Waals surface area contributed by atoms with E-state index >= 15 is 0 Å². The van der Waals surface area contributed by atoms with E-state index in [2.05, 4.69) is 15.4 Å². The largest absolute Gasteiger partial charge is 0.470 e. The summed E-state index contributed by atoms with van der Waals surface area (Å²) in [5.41, 5.74) is 0.136. The van der Waals surface area contributed by atoms with Gasteiger partial charge in [0.05, 0.1) is 6.26 Å². The Balaban J connectivity index is 1.39. The van der Waals surface area contributed by atoms with Crippen molar-refractivity contribution in [2.75, 3.05) is 13.1 Å². The van der Waals surface area contributed by atoms with Crippen LogP contribution >= 0.6 is 0 Å². The summed E-state index contributed by atoms with van der Waals surface area (Å²) < 4.78 is 52.7. The lowest BCUT2D eigenvalue weighted by Gasteiger charge is -2.29.